The maximum absolute atomic E-state index is 13.1. The number of carbonyl (C=O) groups excluding carboxylic acids is 1. The van der Waals surface area contributed by atoms with E-state index < -0.39 is 15.8 Å². The van der Waals surface area contributed by atoms with Crippen molar-refractivity contribution < 1.29 is 27.1 Å². The summed E-state index contributed by atoms with van der Waals surface area (Å²) in [4.78, 5) is 12.8. The van der Waals surface area contributed by atoms with E-state index in [-0.39, 0.29) is 35.9 Å². The summed E-state index contributed by atoms with van der Waals surface area (Å²) in [5, 5.41) is 3.00. The molecule has 1 amide bonds. The Bertz CT molecular complexity index is 1020. The Balaban J connectivity index is 1.61. The first-order chi connectivity index (χ1) is 14.8. The minimum atomic E-state index is -3.70. The molecule has 1 unspecified atom stereocenters. The second-order valence-corrected chi connectivity index (χ2v) is 9.41. The lowest BCUT2D eigenvalue weighted by Crippen LogP contribution is -2.43. The molecule has 168 valence electrons. The quantitative estimate of drug-likeness (QED) is 0.701. The highest BCUT2D eigenvalue weighted by Crippen LogP contribution is 2.30. The summed E-state index contributed by atoms with van der Waals surface area (Å²) in [7, 11) is -0.572. The van der Waals surface area contributed by atoms with Crippen LogP contribution in [0.5, 0.6) is 11.5 Å². The van der Waals surface area contributed by atoms with Crippen LogP contribution in [0.1, 0.15) is 31.4 Å². The topological polar surface area (TPSA) is 84.9 Å². The van der Waals surface area contributed by atoms with Crippen molar-refractivity contribution >= 4 is 15.9 Å². The lowest BCUT2D eigenvalue weighted by molar-refractivity contribution is -0.126. The van der Waals surface area contributed by atoms with Gasteiger partial charge in [0.15, 0.2) is 0 Å². The lowest BCUT2D eigenvalue weighted by atomic mass is 9.96. The molecule has 1 aliphatic heterocycles. The molecule has 1 atom stereocenters. The van der Waals surface area contributed by atoms with Gasteiger partial charge in [-0.25, -0.2) is 12.8 Å². The van der Waals surface area contributed by atoms with Gasteiger partial charge in [-0.05, 0) is 56.2 Å². The molecule has 1 aliphatic rings. The second kappa shape index (κ2) is 9.65. The predicted octanol–water partition coefficient (Wildman–Crippen LogP) is 3.12. The van der Waals surface area contributed by atoms with Crippen LogP contribution in [0, 0.1) is 11.7 Å². The molecule has 1 saturated heterocycles. The number of halogens is 1. The third-order valence-electron chi connectivity index (χ3n) is 5.54. The number of carbonyl (C=O) groups is 1. The number of nitrogens with one attached hydrogen (secondary N) is 1. The van der Waals surface area contributed by atoms with Crippen LogP contribution in [-0.4, -0.2) is 45.9 Å². The van der Waals surface area contributed by atoms with Gasteiger partial charge in [0, 0.05) is 30.6 Å². The first-order valence-electron chi connectivity index (χ1n) is 10.0. The average molecular weight is 451 g/mol. The number of amides is 1. The molecule has 1 heterocycles. The zero-order chi connectivity index (χ0) is 22.6. The van der Waals surface area contributed by atoms with E-state index in [0.29, 0.717) is 24.3 Å². The summed E-state index contributed by atoms with van der Waals surface area (Å²) in [6, 6.07) is 9.90. The Morgan fingerprint density at radius 2 is 1.74 bits per heavy atom. The van der Waals surface area contributed by atoms with Crippen LogP contribution in [0.2, 0.25) is 0 Å². The number of hydrogen-bond acceptors (Lipinski definition) is 5. The second-order valence-electron chi connectivity index (χ2n) is 7.47. The van der Waals surface area contributed by atoms with Crippen molar-refractivity contribution in [1.29, 1.82) is 0 Å². The summed E-state index contributed by atoms with van der Waals surface area (Å²) in [5.41, 5.74) is 0.827. The average Bonchev–Trinajstić information content (AvgIpc) is 2.78. The number of ether oxygens (including phenoxy) is 2. The first kappa shape index (κ1) is 23.0. The first-order valence-corrected chi connectivity index (χ1v) is 11.5. The predicted molar refractivity (Wildman–Crippen MR) is 114 cm³/mol. The summed E-state index contributed by atoms with van der Waals surface area (Å²) >= 11 is 0. The molecule has 0 radical (unpaired) electrons. The third kappa shape index (κ3) is 5.16. The van der Waals surface area contributed by atoms with Crippen LogP contribution in [0.3, 0.4) is 0 Å². The highest BCUT2D eigenvalue weighted by molar-refractivity contribution is 7.89. The Kier molecular flexibility index (Phi) is 7.17. The summed E-state index contributed by atoms with van der Waals surface area (Å²) in [6.07, 6.45) is 0.831. The Hall–Kier alpha value is -2.65. The summed E-state index contributed by atoms with van der Waals surface area (Å²) < 4.78 is 50.5. The SMILES string of the molecule is COc1ccc(C(C)NC(=O)C2CCN(S(=O)(=O)c3ccc(F)cc3)CC2)c(OC)c1. The molecule has 2 aromatic carbocycles. The number of methoxy groups -OCH3 is 2. The van der Waals surface area contributed by atoms with Crippen LogP contribution < -0.4 is 14.8 Å². The van der Waals surface area contributed by atoms with Crippen molar-refractivity contribution in [2.45, 2.75) is 30.7 Å². The van der Waals surface area contributed by atoms with Crippen molar-refractivity contribution in [3.8, 4) is 11.5 Å². The van der Waals surface area contributed by atoms with Crippen LogP contribution >= 0.6 is 0 Å². The molecule has 3 rings (SSSR count). The minimum absolute atomic E-state index is 0.0528. The summed E-state index contributed by atoms with van der Waals surface area (Å²) in [6.45, 7) is 2.34. The van der Waals surface area contributed by atoms with E-state index in [1.54, 1.807) is 26.4 Å². The largest absolute Gasteiger partial charge is 0.497 e. The van der Waals surface area contributed by atoms with E-state index in [9.17, 15) is 17.6 Å². The molecule has 31 heavy (non-hydrogen) atoms. The van der Waals surface area contributed by atoms with Gasteiger partial charge < -0.3 is 14.8 Å². The smallest absolute Gasteiger partial charge is 0.243 e. The van der Waals surface area contributed by atoms with Crippen molar-refractivity contribution in [3.63, 3.8) is 0 Å². The number of nitrogens with zero attached hydrogens (tertiary/aromatic N) is 1. The fourth-order valence-corrected chi connectivity index (χ4v) is 5.17. The zero-order valence-corrected chi connectivity index (χ0v) is 18.6. The fourth-order valence-electron chi connectivity index (χ4n) is 3.70. The molecule has 1 N–H and O–H groups in total. The van der Waals surface area contributed by atoms with Crippen LogP contribution in [0.15, 0.2) is 47.4 Å². The van der Waals surface area contributed by atoms with E-state index in [1.165, 1.54) is 16.4 Å². The van der Waals surface area contributed by atoms with Gasteiger partial charge in [0.25, 0.3) is 0 Å². The maximum atomic E-state index is 13.1. The third-order valence-corrected chi connectivity index (χ3v) is 7.45. The van der Waals surface area contributed by atoms with Gasteiger partial charge in [-0.2, -0.15) is 4.31 Å². The van der Waals surface area contributed by atoms with E-state index in [4.69, 9.17) is 9.47 Å². The Labute approximate surface area is 182 Å². The van der Waals surface area contributed by atoms with Crippen LogP contribution in [0.4, 0.5) is 4.39 Å². The molecule has 9 heteroatoms. The van der Waals surface area contributed by atoms with Crippen molar-refractivity contribution in [1.82, 2.24) is 9.62 Å². The van der Waals surface area contributed by atoms with Crippen molar-refractivity contribution in [2.24, 2.45) is 5.92 Å². The highest BCUT2D eigenvalue weighted by atomic mass is 32.2. The zero-order valence-electron chi connectivity index (χ0n) is 17.8. The molecule has 0 bridgehead atoms. The fraction of sp³-hybridized carbons (Fsp3) is 0.409. The van der Waals surface area contributed by atoms with Gasteiger partial charge in [0.1, 0.15) is 17.3 Å². The van der Waals surface area contributed by atoms with Gasteiger partial charge in [0.05, 0.1) is 25.2 Å². The van der Waals surface area contributed by atoms with E-state index in [2.05, 4.69) is 5.32 Å². The molecule has 0 spiro atoms. The summed E-state index contributed by atoms with van der Waals surface area (Å²) in [5.74, 6) is 0.383. The van der Waals surface area contributed by atoms with E-state index in [0.717, 1.165) is 17.7 Å². The number of piperidine rings is 1. The van der Waals surface area contributed by atoms with Gasteiger partial charge >= 0.3 is 0 Å². The molecule has 1 fully saturated rings. The Morgan fingerprint density at radius 3 is 2.32 bits per heavy atom. The molecule has 2 aromatic rings. The molecule has 7 nitrogen and oxygen atoms in total. The van der Waals surface area contributed by atoms with Crippen molar-refractivity contribution in [2.75, 3.05) is 27.3 Å². The highest BCUT2D eigenvalue weighted by Gasteiger charge is 2.32. The Morgan fingerprint density at radius 1 is 1.10 bits per heavy atom. The monoisotopic (exact) mass is 450 g/mol. The number of rotatable bonds is 7. The molecular weight excluding hydrogens is 423 g/mol. The van der Waals surface area contributed by atoms with Gasteiger partial charge in [-0.1, -0.05) is 0 Å². The van der Waals surface area contributed by atoms with E-state index in [1.807, 2.05) is 13.0 Å². The van der Waals surface area contributed by atoms with Crippen LogP contribution in [-0.2, 0) is 14.8 Å². The lowest BCUT2D eigenvalue weighted by Gasteiger charge is -2.31. The normalized spacial score (nSPS) is 16.5. The van der Waals surface area contributed by atoms with E-state index >= 15 is 0 Å². The molecule has 0 aliphatic carbocycles. The number of benzene rings is 2. The number of hydrogen-bond donors (Lipinski definition) is 1. The minimum Gasteiger partial charge on any atom is -0.497 e. The maximum Gasteiger partial charge on any atom is 0.243 e. The molecule has 0 saturated carbocycles. The number of sulfonamides is 1. The van der Waals surface area contributed by atoms with Crippen molar-refractivity contribution in [3.05, 3.63) is 53.8 Å². The van der Waals surface area contributed by atoms with Gasteiger partial charge in [-0.3, -0.25) is 4.79 Å². The van der Waals surface area contributed by atoms with Crippen LogP contribution in [0.25, 0.3) is 0 Å². The molecular formula is C22H27FN2O5S. The molecule has 0 aromatic heterocycles. The van der Waals surface area contributed by atoms with Gasteiger partial charge in [0.2, 0.25) is 15.9 Å². The standard InChI is InChI=1S/C22H27FN2O5S/c1-15(20-9-6-18(29-2)14-21(20)30-3)24-22(26)16-10-12-25(13-11-16)31(27,28)19-7-4-17(23)5-8-19/h4-9,14-16H,10-13H2,1-3H3,(H,24,26). The van der Waals surface area contributed by atoms with Gasteiger partial charge in [-0.15, -0.1) is 0 Å².